The summed E-state index contributed by atoms with van der Waals surface area (Å²) in [5, 5.41) is 3.65. The van der Waals surface area contributed by atoms with Gasteiger partial charge in [-0.05, 0) is 33.6 Å². The predicted molar refractivity (Wildman–Crippen MR) is 51.3 cm³/mol. The van der Waals surface area contributed by atoms with Crippen molar-refractivity contribution in [1.29, 1.82) is 0 Å². The summed E-state index contributed by atoms with van der Waals surface area (Å²) in [5.41, 5.74) is 0.377. The van der Waals surface area contributed by atoms with Gasteiger partial charge in [-0.15, -0.1) is 0 Å². The van der Waals surface area contributed by atoms with Crippen LogP contribution in [0.15, 0.2) is 0 Å². The molecule has 2 fully saturated rings. The van der Waals surface area contributed by atoms with Gasteiger partial charge in [-0.1, -0.05) is 0 Å². The quantitative estimate of drug-likeness (QED) is 0.667. The zero-order valence-electron chi connectivity index (χ0n) is 8.43. The molecule has 0 amide bonds. The van der Waals surface area contributed by atoms with E-state index in [1.165, 1.54) is 25.9 Å². The molecule has 12 heavy (non-hydrogen) atoms. The molecule has 1 N–H and O–H groups in total. The average molecular weight is 168 g/mol. The van der Waals surface area contributed by atoms with Crippen molar-refractivity contribution in [2.45, 2.75) is 51.2 Å². The molecule has 0 bridgehead atoms. The van der Waals surface area contributed by atoms with Crippen molar-refractivity contribution < 1.29 is 0 Å². The van der Waals surface area contributed by atoms with Crippen molar-refractivity contribution in [3.63, 3.8) is 0 Å². The first-order chi connectivity index (χ1) is 5.55. The van der Waals surface area contributed by atoms with E-state index < -0.39 is 0 Å². The summed E-state index contributed by atoms with van der Waals surface area (Å²) >= 11 is 0. The molecular weight excluding hydrogens is 148 g/mol. The molecule has 70 valence electrons. The lowest BCUT2D eigenvalue weighted by atomic mass is 9.98. The van der Waals surface area contributed by atoms with Gasteiger partial charge in [0.2, 0.25) is 0 Å². The minimum Gasteiger partial charge on any atom is -0.309 e. The first kappa shape index (κ1) is 8.52. The van der Waals surface area contributed by atoms with Gasteiger partial charge in [-0.2, -0.15) is 0 Å². The first-order valence-corrected chi connectivity index (χ1v) is 5.07. The van der Waals surface area contributed by atoms with Gasteiger partial charge in [0.25, 0.3) is 0 Å². The maximum atomic E-state index is 3.65. The third-order valence-electron chi connectivity index (χ3n) is 2.88. The van der Waals surface area contributed by atoms with Crippen molar-refractivity contribution >= 4 is 0 Å². The fourth-order valence-corrected chi connectivity index (χ4v) is 1.72. The summed E-state index contributed by atoms with van der Waals surface area (Å²) in [6.45, 7) is 9.38. The molecule has 1 saturated carbocycles. The minimum atomic E-state index is 0.377. The van der Waals surface area contributed by atoms with E-state index in [9.17, 15) is 0 Å². The summed E-state index contributed by atoms with van der Waals surface area (Å²) in [4.78, 5) is 2.53. The molecule has 0 radical (unpaired) electrons. The highest BCUT2D eigenvalue weighted by Crippen LogP contribution is 2.25. The number of hydrogen-bond donors (Lipinski definition) is 1. The molecule has 1 aliphatic carbocycles. The Labute approximate surface area is 75.3 Å². The lowest BCUT2D eigenvalue weighted by molar-refractivity contribution is 0.0344. The largest absolute Gasteiger partial charge is 0.309 e. The smallest absolute Gasteiger partial charge is 0.0325 e. The Morgan fingerprint density at radius 2 is 1.67 bits per heavy atom. The molecule has 2 aliphatic rings. The summed E-state index contributed by atoms with van der Waals surface area (Å²) in [6.07, 6.45) is 2.82. The van der Waals surface area contributed by atoms with E-state index in [1.54, 1.807) is 0 Å². The molecule has 2 nitrogen and oxygen atoms in total. The normalized spacial score (nSPS) is 27.2. The van der Waals surface area contributed by atoms with Crippen LogP contribution < -0.4 is 5.32 Å². The van der Waals surface area contributed by atoms with Crippen LogP contribution in [-0.2, 0) is 0 Å². The van der Waals surface area contributed by atoms with Gasteiger partial charge in [0.1, 0.15) is 0 Å². The van der Waals surface area contributed by atoms with Gasteiger partial charge in [0.15, 0.2) is 0 Å². The Bertz CT molecular complexity index is 161. The number of nitrogens with zero attached hydrogens (tertiary/aromatic N) is 1. The second kappa shape index (κ2) is 2.71. The van der Waals surface area contributed by atoms with Crippen molar-refractivity contribution in [2.75, 3.05) is 13.1 Å². The van der Waals surface area contributed by atoms with Gasteiger partial charge in [-0.3, -0.25) is 4.90 Å². The van der Waals surface area contributed by atoms with Crippen LogP contribution in [0.2, 0.25) is 0 Å². The summed E-state index contributed by atoms with van der Waals surface area (Å²) in [6, 6.07) is 1.66. The molecule has 0 aromatic carbocycles. The number of rotatable bonds is 2. The van der Waals surface area contributed by atoms with E-state index in [0.29, 0.717) is 5.54 Å². The van der Waals surface area contributed by atoms with Crippen LogP contribution in [0.1, 0.15) is 33.6 Å². The molecule has 0 unspecified atom stereocenters. The van der Waals surface area contributed by atoms with Crippen LogP contribution in [-0.4, -0.2) is 35.6 Å². The second-order valence-electron chi connectivity index (χ2n) is 5.21. The fraction of sp³-hybridized carbons (Fsp3) is 1.00. The number of likely N-dealkylation sites (tertiary alicyclic amines) is 1. The third kappa shape index (κ3) is 1.80. The third-order valence-corrected chi connectivity index (χ3v) is 2.88. The molecule has 1 saturated heterocycles. The van der Waals surface area contributed by atoms with Crippen LogP contribution in [0, 0.1) is 0 Å². The van der Waals surface area contributed by atoms with Crippen LogP contribution in [0.3, 0.4) is 0 Å². The van der Waals surface area contributed by atoms with Gasteiger partial charge in [0, 0.05) is 30.7 Å². The highest BCUT2D eigenvalue weighted by molar-refractivity contribution is 4.96. The highest BCUT2D eigenvalue weighted by Gasteiger charge is 2.36. The molecule has 0 spiro atoms. The molecular formula is C10H20N2. The molecule has 2 heteroatoms. The van der Waals surface area contributed by atoms with Crippen molar-refractivity contribution in [3.8, 4) is 0 Å². The van der Waals surface area contributed by atoms with Crippen molar-refractivity contribution in [1.82, 2.24) is 10.2 Å². The lowest BCUT2D eigenvalue weighted by Gasteiger charge is -2.48. The summed E-state index contributed by atoms with van der Waals surface area (Å²) < 4.78 is 0. The Morgan fingerprint density at radius 1 is 1.08 bits per heavy atom. The molecule has 0 atom stereocenters. The van der Waals surface area contributed by atoms with Gasteiger partial charge in [-0.25, -0.2) is 0 Å². The van der Waals surface area contributed by atoms with E-state index in [2.05, 4.69) is 31.0 Å². The van der Waals surface area contributed by atoms with Gasteiger partial charge in [0.05, 0.1) is 0 Å². The number of hydrogen-bond acceptors (Lipinski definition) is 2. The van der Waals surface area contributed by atoms with Gasteiger partial charge >= 0.3 is 0 Å². The lowest BCUT2D eigenvalue weighted by Crippen LogP contribution is -2.63. The predicted octanol–water partition coefficient (Wildman–Crippen LogP) is 1.22. The molecule has 2 rings (SSSR count). The van der Waals surface area contributed by atoms with Crippen molar-refractivity contribution in [3.05, 3.63) is 0 Å². The Morgan fingerprint density at radius 3 is 2.08 bits per heavy atom. The topological polar surface area (TPSA) is 15.3 Å². The van der Waals surface area contributed by atoms with Crippen molar-refractivity contribution in [2.24, 2.45) is 0 Å². The monoisotopic (exact) mass is 168 g/mol. The van der Waals surface area contributed by atoms with Crippen LogP contribution in [0.4, 0.5) is 0 Å². The fourth-order valence-electron chi connectivity index (χ4n) is 1.72. The Balaban J connectivity index is 1.68. The SMILES string of the molecule is CC(C)(C)N1CC(NC2CC2)C1. The van der Waals surface area contributed by atoms with Crippen LogP contribution in [0.5, 0.6) is 0 Å². The van der Waals surface area contributed by atoms with E-state index in [-0.39, 0.29) is 0 Å². The molecule has 1 aliphatic heterocycles. The molecule has 1 heterocycles. The number of nitrogens with one attached hydrogen (secondary N) is 1. The molecule has 0 aromatic heterocycles. The average Bonchev–Trinajstić information content (AvgIpc) is 2.56. The van der Waals surface area contributed by atoms with Gasteiger partial charge < -0.3 is 5.32 Å². The van der Waals surface area contributed by atoms with E-state index in [4.69, 9.17) is 0 Å². The van der Waals surface area contributed by atoms with E-state index in [0.717, 1.165) is 12.1 Å². The van der Waals surface area contributed by atoms with E-state index in [1.807, 2.05) is 0 Å². The maximum absolute atomic E-state index is 3.65. The maximum Gasteiger partial charge on any atom is 0.0325 e. The summed E-state index contributed by atoms with van der Waals surface area (Å²) in [7, 11) is 0. The second-order valence-corrected chi connectivity index (χ2v) is 5.21. The van der Waals surface area contributed by atoms with Crippen LogP contribution >= 0.6 is 0 Å². The standard InChI is InChI=1S/C10H20N2/c1-10(2,3)12-6-9(7-12)11-8-4-5-8/h8-9,11H,4-7H2,1-3H3. The van der Waals surface area contributed by atoms with Crippen LogP contribution in [0.25, 0.3) is 0 Å². The summed E-state index contributed by atoms with van der Waals surface area (Å²) in [5.74, 6) is 0. The first-order valence-electron chi connectivity index (χ1n) is 5.07. The van der Waals surface area contributed by atoms with E-state index >= 15 is 0 Å². The Hall–Kier alpha value is -0.0800. The zero-order valence-corrected chi connectivity index (χ0v) is 8.43. The highest BCUT2D eigenvalue weighted by atomic mass is 15.3. The zero-order chi connectivity index (χ0) is 8.77. The Kier molecular flexibility index (Phi) is 1.92. The minimum absolute atomic E-state index is 0.377. The molecule has 0 aromatic rings.